The van der Waals surface area contributed by atoms with Crippen molar-refractivity contribution >= 4 is 21.4 Å². The number of fused-ring (bicyclic) bond motifs is 1. The van der Waals surface area contributed by atoms with Gasteiger partial charge >= 0.3 is 0 Å². The van der Waals surface area contributed by atoms with Crippen LogP contribution in [0.25, 0.3) is 0 Å². The highest BCUT2D eigenvalue weighted by molar-refractivity contribution is 7.92. The minimum absolute atomic E-state index is 0.158. The number of rotatable bonds is 4. The molecule has 0 spiro atoms. The Kier molecular flexibility index (Phi) is 3.81. The Balaban J connectivity index is 2.06. The fourth-order valence-corrected chi connectivity index (χ4v) is 4.23. The van der Waals surface area contributed by atoms with E-state index in [1.807, 2.05) is 6.07 Å². The van der Waals surface area contributed by atoms with Gasteiger partial charge < -0.3 is 15.2 Å². The lowest BCUT2D eigenvalue weighted by Crippen LogP contribution is -2.29. The molecule has 0 bridgehead atoms. The Morgan fingerprint density at radius 3 is 2.48 bits per heavy atom. The molecule has 0 amide bonds. The maximum atomic E-state index is 13.0. The molecule has 122 valence electrons. The first-order chi connectivity index (χ1) is 11.0. The standard InChI is InChI=1S/C16H18N2O4S/c1-21-15-6-5-13(10-16(15)22-2)23(19,20)18-8-7-11-3-4-12(17)9-14(11)18/h3-6,9-10H,7-8,17H2,1-2H3. The molecular weight excluding hydrogens is 316 g/mol. The molecule has 1 aliphatic heterocycles. The fraction of sp³-hybridized carbons (Fsp3) is 0.250. The van der Waals surface area contributed by atoms with E-state index in [0.29, 0.717) is 35.8 Å². The van der Waals surface area contributed by atoms with Crippen LogP contribution >= 0.6 is 0 Å². The summed E-state index contributed by atoms with van der Waals surface area (Å²) in [5.74, 6) is 0.859. The third-order valence-electron chi connectivity index (χ3n) is 3.91. The van der Waals surface area contributed by atoms with Crippen LogP contribution in [0.15, 0.2) is 41.3 Å². The molecule has 1 aliphatic rings. The van der Waals surface area contributed by atoms with E-state index in [2.05, 4.69) is 0 Å². The second-order valence-electron chi connectivity index (χ2n) is 5.23. The molecule has 0 unspecified atom stereocenters. The fourth-order valence-electron chi connectivity index (χ4n) is 2.72. The summed E-state index contributed by atoms with van der Waals surface area (Å²) in [4.78, 5) is 0.158. The van der Waals surface area contributed by atoms with Gasteiger partial charge in [-0.3, -0.25) is 4.31 Å². The Bertz CT molecular complexity index is 849. The van der Waals surface area contributed by atoms with E-state index in [-0.39, 0.29) is 4.90 Å². The molecule has 0 fully saturated rings. The Labute approximate surface area is 135 Å². The van der Waals surface area contributed by atoms with Crippen LogP contribution in [-0.2, 0) is 16.4 Å². The summed E-state index contributed by atoms with van der Waals surface area (Å²) in [7, 11) is -0.706. The molecule has 7 heteroatoms. The SMILES string of the molecule is COc1ccc(S(=O)(=O)N2CCc3ccc(N)cc32)cc1OC. The zero-order valence-corrected chi connectivity index (χ0v) is 13.8. The van der Waals surface area contributed by atoms with Crippen LogP contribution in [0.1, 0.15) is 5.56 Å². The number of anilines is 2. The van der Waals surface area contributed by atoms with Crippen LogP contribution in [-0.4, -0.2) is 29.2 Å². The van der Waals surface area contributed by atoms with Crippen molar-refractivity contribution in [3.8, 4) is 11.5 Å². The molecule has 0 atom stereocenters. The minimum Gasteiger partial charge on any atom is -0.493 e. The summed E-state index contributed by atoms with van der Waals surface area (Å²) in [6.45, 7) is 0.398. The van der Waals surface area contributed by atoms with E-state index in [0.717, 1.165) is 5.56 Å². The normalized spacial score (nSPS) is 13.7. The van der Waals surface area contributed by atoms with Crippen molar-refractivity contribution in [2.75, 3.05) is 30.8 Å². The van der Waals surface area contributed by atoms with Crippen molar-refractivity contribution in [3.63, 3.8) is 0 Å². The molecule has 0 aromatic heterocycles. The minimum atomic E-state index is -3.68. The molecule has 6 nitrogen and oxygen atoms in total. The topological polar surface area (TPSA) is 81.9 Å². The highest BCUT2D eigenvalue weighted by Crippen LogP contribution is 2.36. The molecule has 0 aliphatic carbocycles. The van der Waals surface area contributed by atoms with Gasteiger partial charge in [0.2, 0.25) is 0 Å². The predicted octanol–water partition coefficient (Wildman–Crippen LogP) is 2.04. The van der Waals surface area contributed by atoms with Crippen LogP contribution in [0.2, 0.25) is 0 Å². The number of nitrogens with two attached hydrogens (primary N) is 1. The number of hydrogen-bond donors (Lipinski definition) is 1. The van der Waals surface area contributed by atoms with Gasteiger partial charge in [-0.25, -0.2) is 8.42 Å². The lowest BCUT2D eigenvalue weighted by Gasteiger charge is -2.20. The van der Waals surface area contributed by atoms with Crippen molar-refractivity contribution < 1.29 is 17.9 Å². The smallest absolute Gasteiger partial charge is 0.264 e. The Morgan fingerprint density at radius 1 is 1.04 bits per heavy atom. The van der Waals surface area contributed by atoms with Crippen molar-refractivity contribution in [1.29, 1.82) is 0 Å². The summed E-state index contributed by atoms with van der Waals surface area (Å²) >= 11 is 0. The van der Waals surface area contributed by atoms with Gasteiger partial charge in [0.05, 0.1) is 24.8 Å². The molecule has 3 rings (SSSR count). The predicted molar refractivity (Wildman–Crippen MR) is 88.6 cm³/mol. The van der Waals surface area contributed by atoms with E-state index < -0.39 is 10.0 Å². The number of sulfonamides is 1. The molecule has 1 heterocycles. The van der Waals surface area contributed by atoms with Crippen molar-refractivity contribution in [3.05, 3.63) is 42.0 Å². The van der Waals surface area contributed by atoms with Crippen LogP contribution in [0, 0.1) is 0 Å². The van der Waals surface area contributed by atoms with Gasteiger partial charge in [-0.2, -0.15) is 0 Å². The first-order valence-corrected chi connectivity index (χ1v) is 8.54. The van der Waals surface area contributed by atoms with Gasteiger partial charge in [-0.05, 0) is 36.2 Å². The van der Waals surface area contributed by atoms with Crippen LogP contribution in [0.4, 0.5) is 11.4 Å². The van der Waals surface area contributed by atoms with Gasteiger partial charge in [0, 0.05) is 18.3 Å². The molecule has 2 N–H and O–H groups in total. The zero-order valence-electron chi connectivity index (χ0n) is 12.9. The Hall–Kier alpha value is -2.41. The van der Waals surface area contributed by atoms with Gasteiger partial charge in [-0.1, -0.05) is 6.07 Å². The summed E-state index contributed by atoms with van der Waals surface area (Å²) in [6.07, 6.45) is 0.669. The maximum Gasteiger partial charge on any atom is 0.264 e. The maximum absolute atomic E-state index is 13.0. The zero-order chi connectivity index (χ0) is 16.6. The highest BCUT2D eigenvalue weighted by atomic mass is 32.2. The molecule has 0 saturated heterocycles. The highest BCUT2D eigenvalue weighted by Gasteiger charge is 2.31. The summed E-state index contributed by atoms with van der Waals surface area (Å²) in [5, 5.41) is 0. The van der Waals surface area contributed by atoms with Crippen LogP contribution in [0.3, 0.4) is 0 Å². The monoisotopic (exact) mass is 334 g/mol. The third-order valence-corrected chi connectivity index (χ3v) is 5.71. The lowest BCUT2D eigenvalue weighted by atomic mass is 10.1. The first kappa shape index (κ1) is 15.5. The number of hydrogen-bond acceptors (Lipinski definition) is 5. The van der Waals surface area contributed by atoms with Crippen LogP contribution in [0.5, 0.6) is 11.5 Å². The summed E-state index contributed by atoms with van der Waals surface area (Å²) in [5.41, 5.74) is 7.95. The number of nitrogens with zero attached hydrogens (tertiary/aromatic N) is 1. The molecule has 0 radical (unpaired) electrons. The van der Waals surface area contributed by atoms with E-state index in [1.165, 1.54) is 30.7 Å². The van der Waals surface area contributed by atoms with Gasteiger partial charge in [0.15, 0.2) is 11.5 Å². The number of benzene rings is 2. The van der Waals surface area contributed by atoms with Crippen molar-refractivity contribution in [2.45, 2.75) is 11.3 Å². The Morgan fingerprint density at radius 2 is 1.78 bits per heavy atom. The second kappa shape index (κ2) is 5.66. The van der Waals surface area contributed by atoms with E-state index in [4.69, 9.17) is 15.2 Å². The van der Waals surface area contributed by atoms with E-state index in [9.17, 15) is 8.42 Å². The number of methoxy groups -OCH3 is 2. The largest absolute Gasteiger partial charge is 0.493 e. The average molecular weight is 334 g/mol. The second-order valence-corrected chi connectivity index (χ2v) is 7.09. The molecule has 2 aromatic carbocycles. The quantitative estimate of drug-likeness (QED) is 0.865. The van der Waals surface area contributed by atoms with E-state index >= 15 is 0 Å². The lowest BCUT2D eigenvalue weighted by molar-refractivity contribution is 0.354. The summed E-state index contributed by atoms with van der Waals surface area (Å²) < 4.78 is 37.7. The third kappa shape index (κ3) is 2.57. The number of nitrogen functional groups attached to an aromatic ring is 1. The average Bonchev–Trinajstić information content (AvgIpc) is 2.97. The van der Waals surface area contributed by atoms with Crippen LogP contribution < -0.4 is 19.5 Å². The van der Waals surface area contributed by atoms with Crippen molar-refractivity contribution in [2.24, 2.45) is 0 Å². The summed E-state index contributed by atoms with van der Waals surface area (Å²) in [6, 6.07) is 9.92. The molecule has 2 aromatic rings. The van der Waals surface area contributed by atoms with Crippen molar-refractivity contribution in [1.82, 2.24) is 0 Å². The van der Waals surface area contributed by atoms with E-state index in [1.54, 1.807) is 18.2 Å². The molecule has 23 heavy (non-hydrogen) atoms. The number of ether oxygens (including phenoxy) is 2. The first-order valence-electron chi connectivity index (χ1n) is 7.10. The molecular formula is C16H18N2O4S. The molecule has 0 saturated carbocycles. The van der Waals surface area contributed by atoms with Gasteiger partial charge in [0.1, 0.15) is 0 Å². The van der Waals surface area contributed by atoms with Gasteiger partial charge in [-0.15, -0.1) is 0 Å². The van der Waals surface area contributed by atoms with Gasteiger partial charge in [0.25, 0.3) is 10.0 Å².